The number of imidazole rings is 1. The van der Waals surface area contributed by atoms with E-state index in [0.717, 1.165) is 33.7 Å². The molecule has 0 bridgehead atoms. The van der Waals surface area contributed by atoms with Gasteiger partial charge in [-0.2, -0.15) is 4.73 Å². The van der Waals surface area contributed by atoms with Gasteiger partial charge in [-0.25, -0.2) is 4.98 Å². The lowest BCUT2D eigenvalue weighted by atomic mass is 10.2. The number of benzene rings is 3. The molecule has 0 aliphatic carbocycles. The Labute approximate surface area is 156 Å². The molecule has 3 aromatic carbocycles. The van der Waals surface area contributed by atoms with Gasteiger partial charge in [0.1, 0.15) is 17.9 Å². The summed E-state index contributed by atoms with van der Waals surface area (Å²) in [7, 11) is 1.65. The summed E-state index contributed by atoms with van der Waals surface area (Å²) in [6.07, 6.45) is 0. The highest BCUT2D eigenvalue weighted by Crippen LogP contribution is 2.26. The lowest BCUT2D eigenvalue weighted by Crippen LogP contribution is -2.12. The third-order valence-corrected chi connectivity index (χ3v) is 4.35. The zero-order valence-electron chi connectivity index (χ0n) is 14.2. The van der Waals surface area contributed by atoms with Gasteiger partial charge in [0.15, 0.2) is 5.82 Å². The first kappa shape index (κ1) is 16.5. The highest BCUT2D eigenvalue weighted by molar-refractivity contribution is 6.30. The van der Waals surface area contributed by atoms with Gasteiger partial charge in [-0.3, -0.25) is 0 Å². The number of aromatic nitrogens is 2. The molecule has 0 amide bonds. The molecular formula is C21H17ClN2O2. The number of hydrogen-bond donors (Lipinski definition) is 0. The van der Waals surface area contributed by atoms with E-state index in [1.54, 1.807) is 11.8 Å². The Kier molecular flexibility index (Phi) is 4.50. The molecule has 0 fully saturated rings. The Balaban J connectivity index is 1.73. The minimum atomic E-state index is 0.393. The lowest BCUT2D eigenvalue weighted by Gasteiger charge is -2.12. The maximum Gasteiger partial charge on any atom is 0.176 e. The number of para-hydroxylation sites is 2. The highest BCUT2D eigenvalue weighted by Gasteiger charge is 2.14. The molecule has 0 saturated carbocycles. The van der Waals surface area contributed by atoms with Crippen LogP contribution in [0.4, 0.5) is 0 Å². The van der Waals surface area contributed by atoms with Gasteiger partial charge in [-0.1, -0.05) is 35.9 Å². The predicted molar refractivity (Wildman–Crippen MR) is 103 cm³/mol. The summed E-state index contributed by atoms with van der Waals surface area (Å²) < 4.78 is 7.02. The summed E-state index contributed by atoms with van der Waals surface area (Å²) in [6.45, 7) is 0.393. The average Bonchev–Trinajstić information content (AvgIpc) is 3.05. The van der Waals surface area contributed by atoms with Crippen molar-refractivity contribution in [2.24, 2.45) is 0 Å². The van der Waals surface area contributed by atoms with E-state index in [-0.39, 0.29) is 0 Å². The van der Waals surface area contributed by atoms with Crippen LogP contribution in [0.1, 0.15) is 5.56 Å². The average molecular weight is 365 g/mol. The van der Waals surface area contributed by atoms with Crippen molar-refractivity contribution in [3.05, 3.63) is 83.4 Å². The molecule has 0 aliphatic heterocycles. The van der Waals surface area contributed by atoms with E-state index < -0.39 is 0 Å². The Bertz CT molecular complexity index is 1040. The first-order chi connectivity index (χ1) is 12.7. The van der Waals surface area contributed by atoms with Crippen molar-refractivity contribution < 1.29 is 9.57 Å². The van der Waals surface area contributed by atoms with Crippen LogP contribution < -0.4 is 9.57 Å². The number of methoxy groups -OCH3 is 1. The van der Waals surface area contributed by atoms with Gasteiger partial charge in [0.05, 0.1) is 12.6 Å². The molecule has 4 nitrogen and oxygen atoms in total. The van der Waals surface area contributed by atoms with Gasteiger partial charge in [0.25, 0.3) is 0 Å². The molecule has 4 rings (SSSR count). The van der Waals surface area contributed by atoms with E-state index in [1.807, 2.05) is 72.8 Å². The van der Waals surface area contributed by atoms with Crippen molar-refractivity contribution in [2.45, 2.75) is 6.61 Å². The maximum atomic E-state index is 6.11. The van der Waals surface area contributed by atoms with Gasteiger partial charge < -0.3 is 9.57 Å². The van der Waals surface area contributed by atoms with Gasteiger partial charge in [0.2, 0.25) is 0 Å². The first-order valence-corrected chi connectivity index (χ1v) is 8.62. The van der Waals surface area contributed by atoms with Crippen LogP contribution in [-0.2, 0) is 6.61 Å². The third kappa shape index (κ3) is 3.24. The zero-order valence-corrected chi connectivity index (χ0v) is 15.0. The van der Waals surface area contributed by atoms with Crippen LogP contribution in [-0.4, -0.2) is 16.8 Å². The van der Waals surface area contributed by atoms with Crippen molar-refractivity contribution >= 4 is 22.6 Å². The molecule has 1 aromatic heterocycles. The fourth-order valence-electron chi connectivity index (χ4n) is 2.82. The standard InChI is InChI=1S/C21H17ClN2O2/c1-25-18-11-9-16(10-12-18)21-23-19-7-2-3-8-20(19)24(21)26-14-15-5-4-6-17(22)13-15/h2-13H,14H2,1H3. The van der Waals surface area contributed by atoms with Crippen LogP contribution in [0.25, 0.3) is 22.4 Å². The predicted octanol–water partition coefficient (Wildman–Crippen LogP) is 4.99. The van der Waals surface area contributed by atoms with Crippen molar-refractivity contribution in [2.75, 3.05) is 7.11 Å². The van der Waals surface area contributed by atoms with E-state index in [9.17, 15) is 0 Å². The minimum Gasteiger partial charge on any atom is -0.497 e. The molecule has 4 aromatic rings. The summed E-state index contributed by atoms with van der Waals surface area (Å²) in [4.78, 5) is 10.8. The monoisotopic (exact) mass is 364 g/mol. The number of hydrogen-bond acceptors (Lipinski definition) is 3. The quantitative estimate of drug-likeness (QED) is 0.500. The van der Waals surface area contributed by atoms with Crippen LogP contribution in [0.2, 0.25) is 5.02 Å². The normalized spacial score (nSPS) is 10.8. The molecule has 5 heteroatoms. The molecule has 0 spiro atoms. The fraction of sp³-hybridized carbons (Fsp3) is 0.0952. The van der Waals surface area contributed by atoms with Gasteiger partial charge in [-0.05, 0) is 54.1 Å². The molecule has 0 radical (unpaired) electrons. The molecular weight excluding hydrogens is 348 g/mol. The van der Waals surface area contributed by atoms with Crippen molar-refractivity contribution in [3.8, 4) is 17.1 Å². The van der Waals surface area contributed by atoms with E-state index in [4.69, 9.17) is 26.2 Å². The second-order valence-electron chi connectivity index (χ2n) is 5.85. The molecule has 130 valence electrons. The Morgan fingerprint density at radius 2 is 1.77 bits per heavy atom. The van der Waals surface area contributed by atoms with Crippen LogP contribution >= 0.6 is 11.6 Å². The Morgan fingerprint density at radius 3 is 2.54 bits per heavy atom. The zero-order chi connectivity index (χ0) is 17.9. The van der Waals surface area contributed by atoms with E-state index >= 15 is 0 Å². The summed E-state index contributed by atoms with van der Waals surface area (Å²) in [5.74, 6) is 1.55. The van der Waals surface area contributed by atoms with Crippen molar-refractivity contribution in [1.82, 2.24) is 9.71 Å². The van der Waals surface area contributed by atoms with Gasteiger partial charge in [-0.15, -0.1) is 0 Å². The maximum absolute atomic E-state index is 6.11. The lowest BCUT2D eigenvalue weighted by molar-refractivity contribution is 0.110. The van der Waals surface area contributed by atoms with Crippen molar-refractivity contribution in [3.63, 3.8) is 0 Å². The van der Waals surface area contributed by atoms with Gasteiger partial charge in [0, 0.05) is 10.6 Å². The number of halogens is 1. The summed E-state index contributed by atoms with van der Waals surface area (Å²) in [6, 6.07) is 23.3. The second kappa shape index (κ2) is 7.10. The molecule has 0 atom stereocenters. The summed E-state index contributed by atoms with van der Waals surface area (Å²) >= 11 is 6.07. The Morgan fingerprint density at radius 1 is 0.962 bits per heavy atom. The summed E-state index contributed by atoms with van der Waals surface area (Å²) in [5, 5.41) is 0.692. The van der Waals surface area contributed by atoms with Crippen LogP contribution in [0, 0.1) is 0 Å². The molecule has 0 unspecified atom stereocenters. The van der Waals surface area contributed by atoms with E-state index in [1.165, 1.54) is 0 Å². The number of ether oxygens (including phenoxy) is 1. The molecule has 0 N–H and O–H groups in total. The molecule has 1 heterocycles. The van der Waals surface area contributed by atoms with Crippen LogP contribution in [0.15, 0.2) is 72.8 Å². The smallest absolute Gasteiger partial charge is 0.176 e. The number of nitrogens with zero attached hydrogens (tertiary/aromatic N) is 2. The summed E-state index contributed by atoms with van der Waals surface area (Å²) in [5.41, 5.74) is 3.74. The van der Waals surface area contributed by atoms with E-state index in [2.05, 4.69) is 0 Å². The highest BCUT2D eigenvalue weighted by atomic mass is 35.5. The number of fused-ring (bicyclic) bond motifs is 1. The minimum absolute atomic E-state index is 0.393. The van der Waals surface area contributed by atoms with Crippen LogP contribution in [0.5, 0.6) is 5.75 Å². The topological polar surface area (TPSA) is 36.3 Å². The molecule has 0 aliphatic rings. The SMILES string of the molecule is COc1ccc(-c2nc3ccccc3n2OCc2cccc(Cl)c2)cc1. The van der Waals surface area contributed by atoms with Crippen LogP contribution in [0.3, 0.4) is 0 Å². The van der Waals surface area contributed by atoms with E-state index in [0.29, 0.717) is 11.6 Å². The first-order valence-electron chi connectivity index (χ1n) is 8.24. The molecule has 0 saturated heterocycles. The third-order valence-electron chi connectivity index (χ3n) is 4.12. The Hall–Kier alpha value is -2.98. The number of rotatable bonds is 5. The van der Waals surface area contributed by atoms with Gasteiger partial charge >= 0.3 is 0 Å². The largest absolute Gasteiger partial charge is 0.497 e. The molecule has 26 heavy (non-hydrogen) atoms. The van der Waals surface area contributed by atoms with Crippen molar-refractivity contribution in [1.29, 1.82) is 0 Å². The fourth-order valence-corrected chi connectivity index (χ4v) is 3.04. The second-order valence-corrected chi connectivity index (χ2v) is 6.29.